The molecule has 1 aromatic rings. The maximum absolute atomic E-state index is 11.5. The molecule has 17 heavy (non-hydrogen) atoms. The van der Waals surface area contributed by atoms with E-state index in [1.54, 1.807) is 24.5 Å². The molecule has 0 radical (unpaired) electrons. The number of hydrogen-bond acceptors (Lipinski definition) is 3. The maximum Gasteiger partial charge on any atom is 0.319 e. The molecule has 94 valence electrons. The first kappa shape index (κ1) is 13.4. The van der Waals surface area contributed by atoms with Gasteiger partial charge in [0.25, 0.3) is 0 Å². The van der Waals surface area contributed by atoms with Crippen LogP contribution in [-0.4, -0.2) is 28.8 Å². The standard InChI is InChI=1S/C12H19N3O2/c1-3-9(2)11(16)8-14-12(17)15-10-5-4-6-13-7-10/h4-7,9,11,16H,3,8H2,1-2H3,(H2,14,15,17). The molecule has 0 saturated heterocycles. The average molecular weight is 237 g/mol. The zero-order valence-corrected chi connectivity index (χ0v) is 10.2. The van der Waals surface area contributed by atoms with Gasteiger partial charge in [0.1, 0.15) is 0 Å². The Labute approximate surface area is 101 Å². The second-order valence-electron chi connectivity index (χ2n) is 4.03. The quantitative estimate of drug-likeness (QED) is 0.728. The van der Waals surface area contributed by atoms with Crippen LogP contribution in [0.5, 0.6) is 0 Å². The van der Waals surface area contributed by atoms with Crippen LogP contribution in [0, 0.1) is 5.92 Å². The molecule has 0 saturated carbocycles. The molecule has 0 aromatic carbocycles. The Bertz CT molecular complexity index is 343. The van der Waals surface area contributed by atoms with Crippen molar-refractivity contribution in [3.05, 3.63) is 24.5 Å². The zero-order valence-electron chi connectivity index (χ0n) is 10.2. The molecule has 2 amide bonds. The highest BCUT2D eigenvalue weighted by Crippen LogP contribution is 2.06. The second-order valence-corrected chi connectivity index (χ2v) is 4.03. The SMILES string of the molecule is CCC(C)C(O)CNC(=O)Nc1cccnc1. The van der Waals surface area contributed by atoms with Crippen molar-refractivity contribution >= 4 is 11.7 Å². The number of rotatable bonds is 5. The summed E-state index contributed by atoms with van der Waals surface area (Å²) in [5.74, 6) is 0.175. The second kappa shape index (κ2) is 6.85. The van der Waals surface area contributed by atoms with E-state index in [1.165, 1.54) is 0 Å². The van der Waals surface area contributed by atoms with E-state index in [-0.39, 0.29) is 18.5 Å². The Balaban J connectivity index is 2.31. The topological polar surface area (TPSA) is 74.2 Å². The highest BCUT2D eigenvalue weighted by Gasteiger charge is 2.13. The number of aromatic nitrogens is 1. The molecular weight excluding hydrogens is 218 g/mol. The van der Waals surface area contributed by atoms with Crippen molar-refractivity contribution in [3.8, 4) is 0 Å². The molecule has 0 bridgehead atoms. The number of carbonyl (C=O) groups is 1. The first-order valence-electron chi connectivity index (χ1n) is 5.76. The minimum absolute atomic E-state index is 0.175. The largest absolute Gasteiger partial charge is 0.391 e. The third-order valence-electron chi connectivity index (χ3n) is 2.69. The number of aliphatic hydroxyl groups is 1. The number of aliphatic hydroxyl groups excluding tert-OH is 1. The van der Waals surface area contributed by atoms with Crippen molar-refractivity contribution in [1.29, 1.82) is 0 Å². The lowest BCUT2D eigenvalue weighted by Crippen LogP contribution is -2.37. The molecule has 0 aliphatic heterocycles. The van der Waals surface area contributed by atoms with E-state index in [4.69, 9.17) is 0 Å². The Morgan fingerprint density at radius 3 is 2.94 bits per heavy atom. The van der Waals surface area contributed by atoms with E-state index in [0.29, 0.717) is 5.69 Å². The van der Waals surface area contributed by atoms with E-state index in [9.17, 15) is 9.90 Å². The Morgan fingerprint density at radius 2 is 2.35 bits per heavy atom. The molecule has 0 aliphatic carbocycles. The molecule has 0 aliphatic rings. The molecule has 0 spiro atoms. The van der Waals surface area contributed by atoms with E-state index in [1.807, 2.05) is 13.8 Å². The summed E-state index contributed by atoms with van der Waals surface area (Å²) in [6.07, 6.45) is 3.56. The smallest absolute Gasteiger partial charge is 0.319 e. The van der Waals surface area contributed by atoms with E-state index in [0.717, 1.165) is 6.42 Å². The fourth-order valence-electron chi connectivity index (χ4n) is 1.28. The van der Waals surface area contributed by atoms with Crippen molar-refractivity contribution in [1.82, 2.24) is 10.3 Å². The molecule has 2 atom stereocenters. The summed E-state index contributed by atoms with van der Waals surface area (Å²) < 4.78 is 0. The highest BCUT2D eigenvalue weighted by molar-refractivity contribution is 5.88. The maximum atomic E-state index is 11.5. The van der Waals surface area contributed by atoms with E-state index < -0.39 is 6.10 Å². The molecule has 5 nitrogen and oxygen atoms in total. The lowest BCUT2D eigenvalue weighted by Gasteiger charge is -2.17. The number of nitrogens with one attached hydrogen (secondary N) is 2. The minimum atomic E-state index is -0.514. The fourth-order valence-corrected chi connectivity index (χ4v) is 1.28. The predicted molar refractivity (Wildman–Crippen MR) is 66.7 cm³/mol. The van der Waals surface area contributed by atoms with Crippen LogP contribution < -0.4 is 10.6 Å². The molecule has 1 rings (SSSR count). The fraction of sp³-hybridized carbons (Fsp3) is 0.500. The number of amides is 2. The first-order valence-corrected chi connectivity index (χ1v) is 5.76. The van der Waals surface area contributed by atoms with Gasteiger partial charge in [-0.2, -0.15) is 0 Å². The van der Waals surface area contributed by atoms with Gasteiger partial charge in [-0.05, 0) is 18.1 Å². The van der Waals surface area contributed by atoms with Crippen molar-refractivity contribution in [2.24, 2.45) is 5.92 Å². The highest BCUT2D eigenvalue weighted by atomic mass is 16.3. The van der Waals surface area contributed by atoms with Gasteiger partial charge >= 0.3 is 6.03 Å². The van der Waals surface area contributed by atoms with Crippen molar-refractivity contribution in [3.63, 3.8) is 0 Å². The van der Waals surface area contributed by atoms with E-state index >= 15 is 0 Å². The zero-order chi connectivity index (χ0) is 12.7. The van der Waals surface area contributed by atoms with Crippen LogP contribution in [0.25, 0.3) is 0 Å². The third kappa shape index (κ3) is 4.82. The van der Waals surface area contributed by atoms with Crippen LogP contribution in [0.15, 0.2) is 24.5 Å². The lowest BCUT2D eigenvalue weighted by atomic mass is 10.0. The third-order valence-corrected chi connectivity index (χ3v) is 2.69. The Kier molecular flexibility index (Phi) is 5.42. The van der Waals surface area contributed by atoms with Crippen molar-refractivity contribution < 1.29 is 9.90 Å². The van der Waals surface area contributed by atoms with Gasteiger partial charge in [-0.1, -0.05) is 20.3 Å². The van der Waals surface area contributed by atoms with Crippen LogP contribution >= 0.6 is 0 Å². The van der Waals surface area contributed by atoms with Gasteiger partial charge in [0.2, 0.25) is 0 Å². The van der Waals surface area contributed by atoms with Gasteiger partial charge in [-0.25, -0.2) is 4.79 Å². The Hall–Kier alpha value is -1.62. The summed E-state index contributed by atoms with van der Waals surface area (Å²) in [6.45, 7) is 4.20. The molecule has 1 aromatic heterocycles. The molecule has 3 N–H and O–H groups in total. The first-order chi connectivity index (χ1) is 8.13. The predicted octanol–water partition coefficient (Wildman–Crippen LogP) is 1.61. The van der Waals surface area contributed by atoms with Gasteiger partial charge in [0.05, 0.1) is 18.0 Å². The number of urea groups is 1. The van der Waals surface area contributed by atoms with Crippen LogP contribution in [0.2, 0.25) is 0 Å². The van der Waals surface area contributed by atoms with Gasteiger partial charge in [0.15, 0.2) is 0 Å². The van der Waals surface area contributed by atoms with E-state index in [2.05, 4.69) is 15.6 Å². The van der Waals surface area contributed by atoms with Gasteiger partial charge in [-0.15, -0.1) is 0 Å². The van der Waals surface area contributed by atoms with Gasteiger partial charge in [-0.3, -0.25) is 4.98 Å². The molecule has 5 heteroatoms. The van der Waals surface area contributed by atoms with Crippen molar-refractivity contribution in [2.45, 2.75) is 26.4 Å². The number of nitrogens with zero attached hydrogens (tertiary/aromatic N) is 1. The number of pyridine rings is 1. The van der Waals surface area contributed by atoms with Crippen LogP contribution in [0.1, 0.15) is 20.3 Å². The monoisotopic (exact) mass is 237 g/mol. The van der Waals surface area contributed by atoms with Crippen molar-refractivity contribution in [2.75, 3.05) is 11.9 Å². The summed E-state index contributed by atoms with van der Waals surface area (Å²) in [4.78, 5) is 15.3. The molecule has 2 unspecified atom stereocenters. The van der Waals surface area contributed by atoms with Gasteiger partial charge < -0.3 is 15.7 Å². The Morgan fingerprint density at radius 1 is 1.59 bits per heavy atom. The lowest BCUT2D eigenvalue weighted by molar-refractivity contribution is 0.115. The minimum Gasteiger partial charge on any atom is -0.391 e. The average Bonchev–Trinajstić information content (AvgIpc) is 2.36. The number of anilines is 1. The molecular formula is C12H19N3O2. The summed E-state index contributed by atoms with van der Waals surface area (Å²) in [6, 6.07) is 3.15. The van der Waals surface area contributed by atoms with Crippen LogP contribution in [-0.2, 0) is 0 Å². The summed E-state index contributed by atoms with van der Waals surface area (Å²) in [5, 5.41) is 14.9. The number of hydrogen-bond donors (Lipinski definition) is 3. The summed E-state index contributed by atoms with van der Waals surface area (Å²) in [5.41, 5.74) is 0.628. The van der Waals surface area contributed by atoms with Crippen LogP contribution in [0.4, 0.5) is 10.5 Å². The normalized spacial score (nSPS) is 13.8. The number of carbonyl (C=O) groups excluding carboxylic acids is 1. The summed E-state index contributed by atoms with van der Waals surface area (Å²) >= 11 is 0. The van der Waals surface area contributed by atoms with Gasteiger partial charge in [0, 0.05) is 12.7 Å². The summed E-state index contributed by atoms with van der Waals surface area (Å²) in [7, 11) is 0. The molecule has 1 heterocycles. The molecule has 0 fully saturated rings. The van der Waals surface area contributed by atoms with Crippen LogP contribution in [0.3, 0.4) is 0 Å².